The molecule has 4 heteroatoms. The Kier molecular flexibility index (Phi) is 5.42. The summed E-state index contributed by atoms with van der Waals surface area (Å²) in [5.74, 6) is 2.91. The quantitative estimate of drug-likeness (QED) is 0.810. The molecule has 2 fully saturated rings. The highest BCUT2D eigenvalue weighted by Gasteiger charge is 2.36. The summed E-state index contributed by atoms with van der Waals surface area (Å²) < 4.78 is 11.3. The minimum atomic E-state index is 0.586. The molecule has 144 valence electrons. The fourth-order valence-electron chi connectivity index (χ4n) is 5.65. The van der Waals surface area contributed by atoms with E-state index >= 15 is 0 Å². The average Bonchev–Trinajstić information content (AvgIpc) is 3.24. The van der Waals surface area contributed by atoms with E-state index in [0.29, 0.717) is 6.04 Å². The standard InChI is InChI=1S/C22H34N2O2/c1-4-9-24(14-15-10-16-5-6-17(11-15)23-16)18-12-19-20(13-18)22(26-3)8-7-21(19)25-2/h7-8,15-18,23H,4-6,9-14H2,1-3H3. The molecule has 2 aliphatic heterocycles. The molecule has 1 aromatic rings. The number of piperidine rings is 1. The fraction of sp³-hybridized carbons (Fsp3) is 0.727. The predicted octanol–water partition coefficient (Wildman–Crippen LogP) is 3.41. The molecular weight excluding hydrogens is 324 g/mol. The summed E-state index contributed by atoms with van der Waals surface area (Å²) >= 11 is 0. The van der Waals surface area contributed by atoms with Crippen molar-refractivity contribution in [3.8, 4) is 11.5 Å². The Hall–Kier alpha value is -1.26. The summed E-state index contributed by atoms with van der Waals surface area (Å²) in [6.07, 6.45) is 8.91. The Morgan fingerprint density at radius 1 is 1.00 bits per heavy atom. The number of ether oxygens (including phenoxy) is 2. The van der Waals surface area contributed by atoms with E-state index in [-0.39, 0.29) is 0 Å². The fourth-order valence-corrected chi connectivity index (χ4v) is 5.65. The van der Waals surface area contributed by atoms with Crippen LogP contribution >= 0.6 is 0 Å². The number of nitrogens with one attached hydrogen (secondary N) is 1. The summed E-state index contributed by atoms with van der Waals surface area (Å²) in [6, 6.07) is 6.28. The van der Waals surface area contributed by atoms with Gasteiger partial charge in [-0.25, -0.2) is 0 Å². The molecule has 26 heavy (non-hydrogen) atoms. The zero-order valence-corrected chi connectivity index (χ0v) is 16.6. The van der Waals surface area contributed by atoms with Gasteiger partial charge in [0.15, 0.2) is 0 Å². The second-order valence-electron chi connectivity index (χ2n) is 8.46. The van der Waals surface area contributed by atoms with Crippen molar-refractivity contribution in [1.82, 2.24) is 10.2 Å². The molecule has 2 bridgehead atoms. The van der Waals surface area contributed by atoms with E-state index in [1.165, 1.54) is 56.3 Å². The lowest BCUT2D eigenvalue weighted by Gasteiger charge is -2.36. The zero-order chi connectivity index (χ0) is 18.1. The molecule has 0 saturated carbocycles. The molecule has 2 heterocycles. The Bertz CT molecular complexity index is 588. The third-order valence-electron chi connectivity index (χ3n) is 6.76. The summed E-state index contributed by atoms with van der Waals surface area (Å²) in [6.45, 7) is 4.76. The van der Waals surface area contributed by atoms with Crippen molar-refractivity contribution in [2.45, 2.75) is 70.0 Å². The summed E-state index contributed by atoms with van der Waals surface area (Å²) in [4.78, 5) is 2.77. The smallest absolute Gasteiger partial charge is 0.122 e. The average molecular weight is 359 g/mol. The van der Waals surface area contributed by atoms with Crippen LogP contribution in [0.4, 0.5) is 0 Å². The zero-order valence-electron chi connectivity index (χ0n) is 16.6. The van der Waals surface area contributed by atoms with Crippen LogP contribution in [-0.2, 0) is 12.8 Å². The summed E-state index contributed by atoms with van der Waals surface area (Å²) in [5, 5.41) is 3.79. The van der Waals surface area contributed by atoms with Crippen LogP contribution < -0.4 is 14.8 Å². The van der Waals surface area contributed by atoms with Gasteiger partial charge in [0.25, 0.3) is 0 Å². The summed E-state index contributed by atoms with van der Waals surface area (Å²) in [5.41, 5.74) is 2.73. The van der Waals surface area contributed by atoms with Gasteiger partial charge in [0.2, 0.25) is 0 Å². The normalized spacial score (nSPS) is 27.8. The van der Waals surface area contributed by atoms with Crippen LogP contribution in [0.3, 0.4) is 0 Å². The first-order chi connectivity index (χ1) is 12.7. The monoisotopic (exact) mass is 358 g/mol. The third-order valence-corrected chi connectivity index (χ3v) is 6.76. The maximum absolute atomic E-state index is 5.65. The Morgan fingerprint density at radius 2 is 1.58 bits per heavy atom. The number of hydrogen-bond donors (Lipinski definition) is 1. The van der Waals surface area contributed by atoms with E-state index < -0.39 is 0 Å². The summed E-state index contributed by atoms with van der Waals surface area (Å²) in [7, 11) is 3.56. The third kappa shape index (κ3) is 3.46. The minimum Gasteiger partial charge on any atom is -0.496 e. The molecule has 1 aromatic carbocycles. The minimum absolute atomic E-state index is 0.586. The van der Waals surface area contributed by atoms with Crippen molar-refractivity contribution in [3.63, 3.8) is 0 Å². The molecule has 1 aliphatic carbocycles. The van der Waals surface area contributed by atoms with Gasteiger partial charge in [-0.3, -0.25) is 4.90 Å². The highest BCUT2D eigenvalue weighted by atomic mass is 16.5. The largest absolute Gasteiger partial charge is 0.496 e. The van der Waals surface area contributed by atoms with Crippen LogP contribution in [0.1, 0.15) is 50.2 Å². The van der Waals surface area contributed by atoms with Gasteiger partial charge in [0.05, 0.1) is 14.2 Å². The van der Waals surface area contributed by atoms with Gasteiger partial charge in [-0.1, -0.05) is 6.92 Å². The molecule has 4 nitrogen and oxygen atoms in total. The molecule has 4 rings (SSSR count). The second-order valence-corrected chi connectivity index (χ2v) is 8.46. The number of nitrogens with zero attached hydrogens (tertiary/aromatic N) is 1. The van der Waals surface area contributed by atoms with Crippen molar-refractivity contribution >= 4 is 0 Å². The van der Waals surface area contributed by atoms with Crippen molar-refractivity contribution in [1.29, 1.82) is 0 Å². The van der Waals surface area contributed by atoms with Gasteiger partial charge in [-0.2, -0.15) is 0 Å². The van der Waals surface area contributed by atoms with E-state index in [1.807, 2.05) is 0 Å². The Balaban J connectivity index is 1.49. The van der Waals surface area contributed by atoms with E-state index in [9.17, 15) is 0 Å². The highest BCUT2D eigenvalue weighted by molar-refractivity contribution is 5.52. The lowest BCUT2D eigenvalue weighted by molar-refractivity contribution is 0.143. The Labute approximate surface area is 158 Å². The van der Waals surface area contributed by atoms with Crippen LogP contribution in [-0.4, -0.2) is 50.3 Å². The van der Waals surface area contributed by atoms with Gasteiger partial charge in [-0.05, 0) is 69.5 Å². The molecule has 2 unspecified atom stereocenters. The van der Waals surface area contributed by atoms with E-state index in [1.54, 1.807) is 14.2 Å². The Morgan fingerprint density at radius 3 is 2.08 bits per heavy atom. The number of rotatable bonds is 7. The van der Waals surface area contributed by atoms with Crippen LogP contribution in [0.5, 0.6) is 11.5 Å². The predicted molar refractivity (Wildman–Crippen MR) is 105 cm³/mol. The van der Waals surface area contributed by atoms with Gasteiger partial charge in [-0.15, -0.1) is 0 Å². The molecule has 0 spiro atoms. The lowest BCUT2D eigenvalue weighted by atomic mass is 9.91. The van der Waals surface area contributed by atoms with Gasteiger partial charge in [0.1, 0.15) is 11.5 Å². The molecule has 0 amide bonds. The van der Waals surface area contributed by atoms with Crippen LogP contribution in [0.2, 0.25) is 0 Å². The number of methoxy groups -OCH3 is 2. The van der Waals surface area contributed by atoms with E-state index in [4.69, 9.17) is 9.47 Å². The van der Waals surface area contributed by atoms with Crippen molar-refractivity contribution in [2.24, 2.45) is 5.92 Å². The first kappa shape index (κ1) is 18.1. The van der Waals surface area contributed by atoms with Crippen LogP contribution in [0, 0.1) is 5.92 Å². The molecule has 2 saturated heterocycles. The molecule has 0 radical (unpaired) electrons. The van der Waals surface area contributed by atoms with Crippen LogP contribution in [0.25, 0.3) is 0 Å². The number of hydrogen-bond acceptors (Lipinski definition) is 4. The molecular formula is C22H34N2O2. The number of fused-ring (bicyclic) bond motifs is 3. The first-order valence-corrected chi connectivity index (χ1v) is 10.4. The second kappa shape index (κ2) is 7.77. The van der Waals surface area contributed by atoms with Crippen molar-refractivity contribution in [3.05, 3.63) is 23.3 Å². The van der Waals surface area contributed by atoms with E-state index in [0.717, 1.165) is 42.3 Å². The van der Waals surface area contributed by atoms with E-state index in [2.05, 4.69) is 29.3 Å². The maximum Gasteiger partial charge on any atom is 0.122 e. The SMILES string of the molecule is CCCN(CC1CC2CCC(C1)N2)C1Cc2c(OC)ccc(OC)c2C1. The van der Waals surface area contributed by atoms with Gasteiger partial charge >= 0.3 is 0 Å². The number of benzene rings is 1. The van der Waals surface area contributed by atoms with Gasteiger partial charge in [0, 0.05) is 35.8 Å². The molecule has 3 aliphatic rings. The van der Waals surface area contributed by atoms with Crippen LogP contribution in [0.15, 0.2) is 12.1 Å². The molecule has 1 N–H and O–H groups in total. The van der Waals surface area contributed by atoms with Crippen molar-refractivity contribution in [2.75, 3.05) is 27.3 Å². The lowest BCUT2D eigenvalue weighted by Crippen LogP contribution is -2.45. The van der Waals surface area contributed by atoms with Crippen molar-refractivity contribution < 1.29 is 9.47 Å². The van der Waals surface area contributed by atoms with Gasteiger partial charge < -0.3 is 14.8 Å². The first-order valence-electron chi connectivity index (χ1n) is 10.4. The topological polar surface area (TPSA) is 33.7 Å². The molecule has 2 atom stereocenters. The highest BCUT2D eigenvalue weighted by Crippen LogP contribution is 2.39. The maximum atomic E-state index is 5.65. The molecule has 0 aromatic heterocycles.